The first kappa shape index (κ1) is 24.1. The lowest BCUT2D eigenvalue weighted by Gasteiger charge is -2.27. The van der Waals surface area contributed by atoms with Crippen LogP contribution in [0.15, 0.2) is 96.7 Å². The van der Waals surface area contributed by atoms with Crippen molar-refractivity contribution >= 4 is 11.8 Å². The highest BCUT2D eigenvalue weighted by Gasteiger charge is 2.24. The molecule has 0 radical (unpaired) electrons. The molecule has 0 aliphatic rings. The van der Waals surface area contributed by atoms with E-state index in [2.05, 4.69) is 55.5 Å². The zero-order valence-electron chi connectivity index (χ0n) is 20.1. The molecular formula is C29H33NO3. The Kier molecular flexibility index (Phi) is 7.94. The normalized spacial score (nSPS) is 12.7. The number of methoxy groups -OCH3 is 1. The van der Waals surface area contributed by atoms with Crippen LogP contribution in [0, 0.1) is 0 Å². The molecule has 0 bridgehead atoms. The summed E-state index contributed by atoms with van der Waals surface area (Å²) in [6.07, 6.45) is 2.31. The zero-order chi connectivity index (χ0) is 23.8. The number of hydrogen-bond acceptors (Lipinski definition) is 3. The molecule has 4 heteroatoms. The summed E-state index contributed by atoms with van der Waals surface area (Å²) in [6.45, 7) is 7.68. The van der Waals surface area contributed by atoms with Gasteiger partial charge in [0, 0.05) is 12.1 Å². The Labute approximate surface area is 197 Å². The van der Waals surface area contributed by atoms with Gasteiger partial charge in [-0.3, -0.25) is 4.90 Å². The van der Waals surface area contributed by atoms with Crippen LogP contribution in [0.2, 0.25) is 0 Å². The second-order valence-electron chi connectivity index (χ2n) is 9.07. The van der Waals surface area contributed by atoms with E-state index < -0.39 is 11.7 Å². The first-order valence-corrected chi connectivity index (χ1v) is 11.2. The summed E-state index contributed by atoms with van der Waals surface area (Å²) < 4.78 is 11.0. The second-order valence-corrected chi connectivity index (χ2v) is 9.07. The van der Waals surface area contributed by atoms with Gasteiger partial charge in [0.05, 0.1) is 12.8 Å². The van der Waals surface area contributed by atoms with Gasteiger partial charge in [0.15, 0.2) is 0 Å². The van der Waals surface area contributed by atoms with Crippen molar-refractivity contribution in [1.82, 2.24) is 0 Å². The van der Waals surface area contributed by atoms with Crippen molar-refractivity contribution in [2.75, 3.05) is 12.0 Å². The SMILES string of the molecule is COc1ccc(N(/C=C(/C)[C@@H](Cc2ccccc2)c2ccccc2)C(=O)OC(C)(C)C)cc1. The summed E-state index contributed by atoms with van der Waals surface area (Å²) in [5.74, 6) is 0.839. The van der Waals surface area contributed by atoms with Gasteiger partial charge in [-0.05, 0) is 75.1 Å². The van der Waals surface area contributed by atoms with Crippen LogP contribution in [0.25, 0.3) is 0 Å². The number of rotatable bonds is 7. The zero-order valence-corrected chi connectivity index (χ0v) is 20.1. The Morgan fingerprint density at radius 1 is 0.909 bits per heavy atom. The fourth-order valence-corrected chi connectivity index (χ4v) is 3.66. The maximum atomic E-state index is 13.2. The Hall–Kier alpha value is -3.53. The average molecular weight is 444 g/mol. The molecule has 0 spiro atoms. The molecule has 1 amide bonds. The minimum atomic E-state index is -0.605. The van der Waals surface area contributed by atoms with Crippen LogP contribution in [0.4, 0.5) is 10.5 Å². The fourth-order valence-electron chi connectivity index (χ4n) is 3.66. The molecule has 3 aromatic rings. The first-order chi connectivity index (χ1) is 15.8. The maximum Gasteiger partial charge on any atom is 0.418 e. The molecule has 0 saturated carbocycles. The van der Waals surface area contributed by atoms with Crippen molar-refractivity contribution in [1.29, 1.82) is 0 Å². The fraction of sp³-hybridized carbons (Fsp3) is 0.276. The van der Waals surface area contributed by atoms with Gasteiger partial charge in [0.2, 0.25) is 0 Å². The number of ether oxygens (including phenoxy) is 2. The second kappa shape index (κ2) is 10.9. The van der Waals surface area contributed by atoms with Crippen LogP contribution in [0.3, 0.4) is 0 Å². The number of benzene rings is 3. The van der Waals surface area contributed by atoms with E-state index in [0.717, 1.165) is 23.4 Å². The van der Waals surface area contributed by atoms with Crippen molar-refractivity contribution in [2.45, 2.75) is 45.6 Å². The summed E-state index contributed by atoms with van der Waals surface area (Å²) in [7, 11) is 1.62. The van der Waals surface area contributed by atoms with Gasteiger partial charge in [-0.25, -0.2) is 4.79 Å². The number of carbonyl (C=O) groups is 1. The van der Waals surface area contributed by atoms with Crippen molar-refractivity contribution in [3.05, 3.63) is 108 Å². The van der Waals surface area contributed by atoms with E-state index in [9.17, 15) is 4.79 Å². The molecule has 0 aliphatic heterocycles. The number of nitrogens with zero attached hydrogens (tertiary/aromatic N) is 1. The first-order valence-electron chi connectivity index (χ1n) is 11.2. The molecule has 3 aromatic carbocycles. The summed E-state index contributed by atoms with van der Waals surface area (Å²) >= 11 is 0. The molecule has 4 nitrogen and oxygen atoms in total. The van der Waals surface area contributed by atoms with Crippen LogP contribution >= 0.6 is 0 Å². The molecule has 0 fully saturated rings. The molecule has 0 unspecified atom stereocenters. The number of carbonyl (C=O) groups excluding carboxylic acids is 1. The lowest BCUT2D eigenvalue weighted by Crippen LogP contribution is -2.34. The van der Waals surface area contributed by atoms with E-state index in [1.807, 2.05) is 63.4 Å². The topological polar surface area (TPSA) is 38.8 Å². The van der Waals surface area contributed by atoms with E-state index in [4.69, 9.17) is 9.47 Å². The van der Waals surface area contributed by atoms with Crippen molar-refractivity contribution in [2.24, 2.45) is 0 Å². The molecule has 0 aliphatic carbocycles. The van der Waals surface area contributed by atoms with E-state index in [-0.39, 0.29) is 5.92 Å². The van der Waals surface area contributed by atoms with E-state index in [1.54, 1.807) is 12.0 Å². The molecular weight excluding hydrogens is 410 g/mol. The van der Waals surface area contributed by atoms with Gasteiger partial charge < -0.3 is 9.47 Å². The van der Waals surface area contributed by atoms with Crippen LogP contribution in [0.1, 0.15) is 44.7 Å². The van der Waals surface area contributed by atoms with Gasteiger partial charge >= 0.3 is 6.09 Å². The lowest BCUT2D eigenvalue weighted by atomic mass is 9.86. The number of amides is 1. The van der Waals surface area contributed by atoms with E-state index in [0.29, 0.717) is 0 Å². The van der Waals surface area contributed by atoms with Crippen LogP contribution in [0.5, 0.6) is 5.75 Å². The quantitative estimate of drug-likeness (QED) is 0.383. The molecule has 3 rings (SSSR count). The molecule has 0 saturated heterocycles. The Morgan fingerprint density at radius 3 is 2.03 bits per heavy atom. The van der Waals surface area contributed by atoms with Crippen molar-refractivity contribution < 1.29 is 14.3 Å². The summed E-state index contributed by atoms with van der Waals surface area (Å²) in [6, 6.07) is 28.2. The van der Waals surface area contributed by atoms with Crippen LogP contribution < -0.4 is 9.64 Å². The minimum absolute atomic E-state index is 0.108. The maximum absolute atomic E-state index is 13.2. The molecule has 33 heavy (non-hydrogen) atoms. The summed E-state index contributed by atoms with van der Waals surface area (Å²) in [5.41, 5.74) is 3.62. The van der Waals surface area contributed by atoms with Crippen LogP contribution in [-0.4, -0.2) is 18.8 Å². The molecule has 0 N–H and O–H groups in total. The predicted molar refractivity (Wildman–Crippen MR) is 135 cm³/mol. The third-order valence-electron chi connectivity index (χ3n) is 5.31. The van der Waals surface area contributed by atoms with Gasteiger partial charge in [-0.1, -0.05) is 60.7 Å². The van der Waals surface area contributed by atoms with Crippen molar-refractivity contribution in [3.63, 3.8) is 0 Å². The third-order valence-corrected chi connectivity index (χ3v) is 5.31. The van der Waals surface area contributed by atoms with Gasteiger partial charge in [-0.2, -0.15) is 0 Å². The Bertz CT molecular complexity index is 1050. The average Bonchev–Trinajstić information content (AvgIpc) is 2.81. The van der Waals surface area contributed by atoms with E-state index in [1.165, 1.54) is 11.1 Å². The Morgan fingerprint density at radius 2 is 1.48 bits per heavy atom. The van der Waals surface area contributed by atoms with E-state index >= 15 is 0 Å². The monoisotopic (exact) mass is 443 g/mol. The van der Waals surface area contributed by atoms with Gasteiger partial charge in [-0.15, -0.1) is 0 Å². The Balaban J connectivity index is 2.01. The lowest BCUT2D eigenvalue weighted by molar-refractivity contribution is 0.0596. The molecule has 172 valence electrons. The third kappa shape index (κ3) is 6.98. The molecule has 1 atom stereocenters. The molecule has 0 heterocycles. The standard InChI is InChI=1S/C29H33NO3/c1-22(27(24-14-10-7-11-15-24)20-23-12-8-6-9-13-23)21-30(28(31)33-29(2,3)4)25-16-18-26(32-5)19-17-25/h6-19,21,27H,20H2,1-5H3/b22-21-/t27-/m1/s1. The minimum Gasteiger partial charge on any atom is -0.497 e. The highest BCUT2D eigenvalue weighted by molar-refractivity contribution is 5.90. The van der Waals surface area contributed by atoms with Crippen LogP contribution in [-0.2, 0) is 11.2 Å². The summed E-state index contributed by atoms with van der Waals surface area (Å²) in [4.78, 5) is 14.8. The predicted octanol–water partition coefficient (Wildman–Crippen LogP) is 7.37. The van der Waals surface area contributed by atoms with Gasteiger partial charge in [0.25, 0.3) is 0 Å². The smallest absolute Gasteiger partial charge is 0.418 e. The molecule has 0 aromatic heterocycles. The highest BCUT2D eigenvalue weighted by Crippen LogP contribution is 2.30. The number of anilines is 1. The summed E-state index contributed by atoms with van der Waals surface area (Å²) in [5, 5.41) is 0. The highest BCUT2D eigenvalue weighted by atomic mass is 16.6. The van der Waals surface area contributed by atoms with Crippen molar-refractivity contribution in [3.8, 4) is 5.75 Å². The number of allylic oxidation sites excluding steroid dienone is 1. The largest absolute Gasteiger partial charge is 0.497 e. The number of hydrogen-bond donors (Lipinski definition) is 0. The van der Waals surface area contributed by atoms with Gasteiger partial charge in [0.1, 0.15) is 11.4 Å².